The minimum Gasteiger partial charge on any atom is -0.368 e. The van der Waals surface area contributed by atoms with E-state index >= 15 is 0 Å². The molecular weight excluding hydrogens is 260 g/mol. The lowest BCUT2D eigenvalue weighted by atomic mass is 9.78. The molecule has 21 heavy (non-hydrogen) atoms. The van der Waals surface area contributed by atoms with Crippen LogP contribution in [0.15, 0.2) is 30.3 Å². The summed E-state index contributed by atoms with van der Waals surface area (Å²) in [5.74, 6) is 2.23. The molecule has 110 valence electrons. The average Bonchev–Trinajstić information content (AvgIpc) is 2.98. The standard InChI is InChI=1S/C17H22N4/c1-12(2)14-19-15(21-16(18)20-14)17(10-6-7-11-17)13-8-4-3-5-9-13/h3-5,8-9,12H,6-7,10-11H2,1-2H3,(H2,18,19,20,21). The first-order valence-electron chi connectivity index (χ1n) is 7.69. The van der Waals surface area contributed by atoms with E-state index in [9.17, 15) is 0 Å². The highest BCUT2D eigenvalue weighted by Gasteiger charge is 2.40. The summed E-state index contributed by atoms with van der Waals surface area (Å²) in [5, 5.41) is 0. The van der Waals surface area contributed by atoms with Gasteiger partial charge in [-0.2, -0.15) is 9.97 Å². The summed E-state index contributed by atoms with van der Waals surface area (Å²) in [6.07, 6.45) is 4.57. The Morgan fingerprint density at radius 1 is 1.00 bits per heavy atom. The normalized spacial score (nSPS) is 17.3. The van der Waals surface area contributed by atoms with E-state index in [1.165, 1.54) is 18.4 Å². The van der Waals surface area contributed by atoms with E-state index in [0.717, 1.165) is 24.5 Å². The highest BCUT2D eigenvalue weighted by Crippen LogP contribution is 2.45. The zero-order valence-corrected chi connectivity index (χ0v) is 12.7. The molecule has 0 aliphatic heterocycles. The lowest BCUT2D eigenvalue weighted by Crippen LogP contribution is -2.28. The van der Waals surface area contributed by atoms with Crippen LogP contribution in [-0.2, 0) is 5.41 Å². The number of benzene rings is 1. The van der Waals surface area contributed by atoms with Crippen LogP contribution in [0.1, 0.15) is 62.7 Å². The molecule has 0 bridgehead atoms. The minimum absolute atomic E-state index is 0.0953. The van der Waals surface area contributed by atoms with Crippen molar-refractivity contribution in [2.24, 2.45) is 0 Å². The van der Waals surface area contributed by atoms with Crippen molar-refractivity contribution in [3.63, 3.8) is 0 Å². The summed E-state index contributed by atoms with van der Waals surface area (Å²) in [4.78, 5) is 13.5. The van der Waals surface area contributed by atoms with Crippen LogP contribution in [-0.4, -0.2) is 15.0 Å². The second-order valence-electron chi connectivity index (χ2n) is 6.19. The Bertz CT molecular complexity index is 616. The van der Waals surface area contributed by atoms with Crippen LogP contribution in [0, 0.1) is 0 Å². The number of aromatic nitrogens is 3. The smallest absolute Gasteiger partial charge is 0.223 e. The van der Waals surface area contributed by atoms with Gasteiger partial charge in [0.2, 0.25) is 5.95 Å². The molecule has 1 aromatic heterocycles. The van der Waals surface area contributed by atoms with Gasteiger partial charge in [0.05, 0.1) is 5.41 Å². The van der Waals surface area contributed by atoms with Crippen LogP contribution in [0.4, 0.5) is 5.95 Å². The Hall–Kier alpha value is -1.97. The van der Waals surface area contributed by atoms with Crippen molar-refractivity contribution in [3.05, 3.63) is 47.5 Å². The number of rotatable bonds is 3. The van der Waals surface area contributed by atoms with E-state index in [4.69, 9.17) is 10.7 Å². The van der Waals surface area contributed by atoms with E-state index in [1.807, 2.05) is 6.07 Å². The molecule has 1 fully saturated rings. The van der Waals surface area contributed by atoms with Crippen LogP contribution in [0.5, 0.6) is 0 Å². The molecule has 1 aliphatic carbocycles. The highest BCUT2D eigenvalue weighted by molar-refractivity contribution is 5.36. The summed E-state index contributed by atoms with van der Waals surface area (Å²) in [6, 6.07) is 10.6. The second-order valence-corrected chi connectivity index (χ2v) is 6.19. The molecule has 1 saturated carbocycles. The Balaban J connectivity index is 2.14. The van der Waals surface area contributed by atoms with Crippen LogP contribution in [0.3, 0.4) is 0 Å². The van der Waals surface area contributed by atoms with Crippen LogP contribution >= 0.6 is 0 Å². The Morgan fingerprint density at radius 3 is 2.29 bits per heavy atom. The Kier molecular flexibility index (Phi) is 3.62. The van der Waals surface area contributed by atoms with Crippen LogP contribution < -0.4 is 5.73 Å². The molecule has 3 rings (SSSR count). The van der Waals surface area contributed by atoms with Gasteiger partial charge in [-0.15, -0.1) is 0 Å². The maximum Gasteiger partial charge on any atom is 0.223 e. The van der Waals surface area contributed by atoms with Gasteiger partial charge in [-0.3, -0.25) is 0 Å². The van der Waals surface area contributed by atoms with Gasteiger partial charge in [0, 0.05) is 5.92 Å². The number of hydrogen-bond donors (Lipinski definition) is 1. The monoisotopic (exact) mass is 282 g/mol. The molecule has 1 aliphatic rings. The molecule has 2 N–H and O–H groups in total. The summed E-state index contributed by atoms with van der Waals surface area (Å²) in [6.45, 7) is 4.17. The molecule has 2 aromatic rings. The van der Waals surface area contributed by atoms with Crippen molar-refractivity contribution in [1.82, 2.24) is 15.0 Å². The van der Waals surface area contributed by atoms with Crippen molar-refractivity contribution in [3.8, 4) is 0 Å². The van der Waals surface area contributed by atoms with Gasteiger partial charge in [0.1, 0.15) is 11.6 Å². The molecule has 0 saturated heterocycles. The van der Waals surface area contributed by atoms with E-state index < -0.39 is 0 Å². The fraction of sp³-hybridized carbons (Fsp3) is 0.471. The zero-order valence-electron chi connectivity index (χ0n) is 12.7. The number of anilines is 1. The van der Waals surface area contributed by atoms with Crippen LogP contribution in [0.25, 0.3) is 0 Å². The van der Waals surface area contributed by atoms with Crippen molar-refractivity contribution >= 4 is 5.95 Å². The third kappa shape index (κ3) is 2.50. The largest absolute Gasteiger partial charge is 0.368 e. The first-order valence-corrected chi connectivity index (χ1v) is 7.69. The quantitative estimate of drug-likeness (QED) is 0.936. The summed E-state index contributed by atoms with van der Waals surface area (Å²) < 4.78 is 0. The molecular formula is C17H22N4. The van der Waals surface area contributed by atoms with Crippen molar-refractivity contribution < 1.29 is 0 Å². The maximum absolute atomic E-state index is 5.94. The predicted octanol–water partition coefficient (Wildman–Crippen LogP) is 3.44. The summed E-state index contributed by atoms with van der Waals surface area (Å²) >= 11 is 0. The van der Waals surface area contributed by atoms with Crippen molar-refractivity contribution in [2.75, 3.05) is 5.73 Å². The first-order chi connectivity index (χ1) is 10.1. The lowest BCUT2D eigenvalue weighted by Gasteiger charge is -2.28. The van der Waals surface area contributed by atoms with E-state index in [1.54, 1.807) is 0 Å². The lowest BCUT2D eigenvalue weighted by molar-refractivity contribution is 0.491. The fourth-order valence-corrected chi connectivity index (χ4v) is 3.26. The molecule has 0 spiro atoms. The number of nitrogens with zero attached hydrogens (tertiary/aromatic N) is 3. The topological polar surface area (TPSA) is 64.7 Å². The molecule has 0 amide bonds. The number of hydrogen-bond acceptors (Lipinski definition) is 4. The van der Waals surface area contributed by atoms with Gasteiger partial charge in [0.25, 0.3) is 0 Å². The Morgan fingerprint density at radius 2 is 1.67 bits per heavy atom. The molecule has 1 heterocycles. The predicted molar refractivity (Wildman–Crippen MR) is 84.0 cm³/mol. The fourth-order valence-electron chi connectivity index (χ4n) is 3.26. The second kappa shape index (κ2) is 5.43. The van der Waals surface area contributed by atoms with E-state index in [-0.39, 0.29) is 11.3 Å². The first kappa shape index (κ1) is 14.0. The van der Waals surface area contributed by atoms with Crippen LogP contribution in [0.2, 0.25) is 0 Å². The number of nitrogen functional groups attached to an aromatic ring is 1. The summed E-state index contributed by atoms with van der Waals surface area (Å²) in [7, 11) is 0. The molecule has 0 unspecified atom stereocenters. The molecule has 0 atom stereocenters. The highest BCUT2D eigenvalue weighted by atomic mass is 15.1. The SMILES string of the molecule is CC(C)c1nc(N)nc(C2(c3ccccc3)CCCC2)n1. The van der Waals surface area contributed by atoms with Gasteiger partial charge in [-0.1, -0.05) is 57.0 Å². The minimum atomic E-state index is -0.0953. The number of nitrogens with two attached hydrogens (primary N) is 1. The molecule has 1 aromatic carbocycles. The average molecular weight is 282 g/mol. The molecule has 0 radical (unpaired) electrons. The Labute approximate surface area is 125 Å². The van der Waals surface area contributed by atoms with Crippen molar-refractivity contribution in [1.29, 1.82) is 0 Å². The van der Waals surface area contributed by atoms with Crippen molar-refractivity contribution in [2.45, 2.75) is 50.9 Å². The van der Waals surface area contributed by atoms with E-state index in [0.29, 0.717) is 5.95 Å². The molecule has 4 heteroatoms. The maximum atomic E-state index is 5.94. The van der Waals surface area contributed by atoms with Gasteiger partial charge >= 0.3 is 0 Å². The van der Waals surface area contributed by atoms with Gasteiger partial charge in [-0.25, -0.2) is 4.98 Å². The third-order valence-corrected chi connectivity index (χ3v) is 4.40. The molecule has 4 nitrogen and oxygen atoms in total. The van der Waals surface area contributed by atoms with Gasteiger partial charge in [0.15, 0.2) is 0 Å². The zero-order chi connectivity index (χ0) is 14.9. The van der Waals surface area contributed by atoms with Gasteiger partial charge in [-0.05, 0) is 18.4 Å². The van der Waals surface area contributed by atoms with Gasteiger partial charge < -0.3 is 5.73 Å². The third-order valence-electron chi connectivity index (χ3n) is 4.40. The van der Waals surface area contributed by atoms with E-state index in [2.05, 4.69) is 48.1 Å². The summed E-state index contributed by atoms with van der Waals surface area (Å²) in [5.41, 5.74) is 7.14.